The van der Waals surface area contributed by atoms with Gasteiger partial charge in [-0.15, -0.1) is 0 Å². The standard InChI is InChI=1S/C18H19FN2/c1-3-6-21-12-14-4-5-18(13(2)7-14)16-8-15(11-20)9-17(19)10-16/h4-5,7-10,21H,3,6,12H2,1-2H3. The van der Waals surface area contributed by atoms with Crippen molar-refractivity contribution in [1.29, 1.82) is 5.26 Å². The van der Waals surface area contributed by atoms with Crippen LogP contribution in [0, 0.1) is 24.1 Å². The molecule has 0 bridgehead atoms. The molecule has 0 aliphatic heterocycles. The molecule has 0 fully saturated rings. The van der Waals surface area contributed by atoms with Gasteiger partial charge in [0.25, 0.3) is 0 Å². The molecule has 2 rings (SSSR count). The Labute approximate surface area is 125 Å². The summed E-state index contributed by atoms with van der Waals surface area (Å²) in [5, 5.41) is 12.3. The molecule has 3 heteroatoms. The summed E-state index contributed by atoms with van der Waals surface area (Å²) in [6, 6.07) is 12.6. The van der Waals surface area contributed by atoms with Gasteiger partial charge in [-0.05, 0) is 60.3 Å². The van der Waals surface area contributed by atoms with Crippen molar-refractivity contribution in [3.05, 3.63) is 58.9 Å². The third-order valence-corrected chi connectivity index (χ3v) is 3.38. The predicted molar refractivity (Wildman–Crippen MR) is 83.3 cm³/mol. The molecule has 2 aromatic carbocycles. The Morgan fingerprint density at radius 2 is 2.00 bits per heavy atom. The molecule has 0 saturated carbocycles. The lowest BCUT2D eigenvalue weighted by Gasteiger charge is -2.10. The van der Waals surface area contributed by atoms with Crippen LogP contribution < -0.4 is 5.32 Å². The molecule has 0 aliphatic carbocycles. The fourth-order valence-corrected chi connectivity index (χ4v) is 2.38. The van der Waals surface area contributed by atoms with Crippen molar-refractivity contribution in [2.75, 3.05) is 6.54 Å². The minimum Gasteiger partial charge on any atom is -0.313 e. The highest BCUT2D eigenvalue weighted by Gasteiger charge is 2.06. The van der Waals surface area contributed by atoms with E-state index in [-0.39, 0.29) is 5.82 Å². The minimum absolute atomic E-state index is 0.345. The number of nitrogens with one attached hydrogen (secondary N) is 1. The fraction of sp³-hybridized carbons (Fsp3) is 0.278. The van der Waals surface area contributed by atoms with Gasteiger partial charge in [-0.1, -0.05) is 25.1 Å². The number of halogens is 1. The van der Waals surface area contributed by atoms with Crippen molar-refractivity contribution in [3.8, 4) is 17.2 Å². The van der Waals surface area contributed by atoms with Crippen molar-refractivity contribution in [2.24, 2.45) is 0 Å². The average Bonchev–Trinajstić information content (AvgIpc) is 2.47. The SMILES string of the molecule is CCCNCc1ccc(-c2cc(F)cc(C#N)c2)c(C)c1. The largest absolute Gasteiger partial charge is 0.313 e. The fourth-order valence-electron chi connectivity index (χ4n) is 2.38. The lowest BCUT2D eigenvalue weighted by molar-refractivity contribution is 0.628. The average molecular weight is 282 g/mol. The van der Waals surface area contributed by atoms with Crippen LogP contribution in [0.5, 0.6) is 0 Å². The molecule has 0 spiro atoms. The van der Waals surface area contributed by atoms with E-state index < -0.39 is 0 Å². The van der Waals surface area contributed by atoms with Gasteiger partial charge in [-0.3, -0.25) is 0 Å². The molecule has 0 aromatic heterocycles. The highest BCUT2D eigenvalue weighted by molar-refractivity contribution is 5.69. The second-order valence-electron chi connectivity index (χ2n) is 5.17. The third-order valence-electron chi connectivity index (χ3n) is 3.38. The first-order valence-electron chi connectivity index (χ1n) is 7.15. The molecule has 0 radical (unpaired) electrons. The van der Waals surface area contributed by atoms with Crippen LogP contribution >= 0.6 is 0 Å². The van der Waals surface area contributed by atoms with Crippen LogP contribution in [-0.4, -0.2) is 6.54 Å². The highest BCUT2D eigenvalue weighted by atomic mass is 19.1. The molecule has 21 heavy (non-hydrogen) atoms. The Hall–Kier alpha value is -2.18. The third kappa shape index (κ3) is 3.90. The van der Waals surface area contributed by atoms with Gasteiger partial charge in [-0.25, -0.2) is 4.39 Å². The number of hydrogen-bond acceptors (Lipinski definition) is 2. The van der Waals surface area contributed by atoms with Crippen LogP contribution in [-0.2, 0) is 6.54 Å². The lowest BCUT2D eigenvalue weighted by Crippen LogP contribution is -2.13. The molecule has 1 N–H and O–H groups in total. The van der Waals surface area contributed by atoms with Crippen molar-refractivity contribution in [2.45, 2.75) is 26.8 Å². The van der Waals surface area contributed by atoms with Crippen molar-refractivity contribution in [3.63, 3.8) is 0 Å². The van der Waals surface area contributed by atoms with E-state index in [9.17, 15) is 4.39 Å². The van der Waals surface area contributed by atoms with Crippen molar-refractivity contribution < 1.29 is 4.39 Å². The smallest absolute Gasteiger partial charge is 0.125 e. The summed E-state index contributed by atoms with van der Waals surface area (Å²) >= 11 is 0. The van der Waals surface area contributed by atoms with Gasteiger partial charge >= 0.3 is 0 Å². The number of rotatable bonds is 5. The van der Waals surface area contributed by atoms with E-state index in [1.54, 1.807) is 6.07 Å². The zero-order valence-electron chi connectivity index (χ0n) is 12.4. The molecule has 0 saturated heterocycles. The summed E-state index contributed by atoms with van der Waals surface area (Å²) in [7, 11) is 0. The molecule has 108 valence electrons. The number of hydrogen-bond donors (Lipinski definition) is 1. The highest BCUT2D eigenvalue weighted by Crippen LogP contribution is 2.26. The Morgan fingerprint density at radius 3 is 2.67 bits per heavy atom. The van der Waals surface area contributed by atoms with E-state index in [1.165, 1.54) is 17.7 Å². The van der Waals surface area contributed by atoms with Crippen LogP contribution in [0.15, 0.2) is 36.4 Å². The molecule has 0 aliphatic rings. The maximum absolute atomic E-state index is 13.6. The molecule has 0 unspecified atom stereocenters. The zero-order valence-corrected chi connectivity index (χ0v) is 12.4. The van der Waals surface area contributed by atoms with Crippen LogP contribution in [0.4, 0.5) is 4.39 Å². The predicted octanol–water partition coefficient (Wildman–Crippen LogP) is 4.17. The van der Waals surface area contributed by atoms with Gasteiger partial charge in [0.05, 0.1) is 11.6 Å². The van der Waals surface area contributed by atoms with Crippen molar-refractivity contribution in [1.82, 2.24) is 5.32 Å². The minimum atomic E-state index is -0.378. The van der Waals surface area contributed by atoms with Gasteiger partial charge in [0.1, 0.15) is 5.82 Å². The van der Waals surface area contributed by atoms with E-state index >= 15 is 0 Å². The van der Waals surface area contributed by atoms with Gasteiger partial charge in [-0.2, -0.15) is 5.26 Å². The van der Waals surface area contributed by atoms with Gasteiger partial charge in [0, 0.05) is 6.54 Å². The lowest BCUT2D eigenvalue weighted by atomic mass is 9.97. The summed E-state index contributed by atoms with van der Waals surface area (Å²) in [6.07, 6.45) is 1.11. The molecule has 0 amide bonds. The summed E-state index contributed by atoms with van der Waals surface area (Å²) in [5.41, 5.74) is 4.35. The van der Waals surface area contributed by atoms with Gasteiger partial charge in [0.15, 0.2) is 0 Å². The van der Waals surface area contributed by atoms with Gasteiger partial charge in [0.2, 0.25) is 0 Å². The van der Waals surface area contributed by atoms with E-state index in [2.05, 4.69) is 18.3 Å². The van der Waals surface area contributed by atoms with E-state index in [0.717, 1.165) is 36.2 Å². The summed E-state index contributed by atoms with van der Waals surface area (Å²) < 4.78 is 13.6. The van der Waals surface area contributed by atoms with Crippen LogP contribution in [0.25, 0.3) is 11.1 Å². The maximum Gasteiger partial charge on any atom is 0.125 e. The van der Waals surface area contributed by atoms with Crippen LogP contribution in [0.1, 0.15) is 30.0 Å². The zero-order chi connectivity index (χ0) is 15.2. The summed E-state index contributed by atoms with van der Waals surface area (Å²) in [5.74, 6) is -0.378. The van der Waals surface area contributed by atoms with Gasteiger partial charge < -0.3 is 5.32 Å². The number of nitriles is 1. The molecule has 2 aromatic rings. The number of benzene rings is 2. The van der Waals surface area contributed by atoms with Crippen molar-refractivity contribution >= 4 is 0 Å². The van der Waals surface area contributed by atoms with Crippen LogP contribution in [0.3, 0.4) is 0 Å². The topological polar surface area (TPSA) is 35.8 Å². The molecular weight excluding hydrogens is 263 g/mol. The normalized spacial score (nSPS) is 10.4. The van der Waals surface area contributed by atoms with E-state index in [1.807, 2.05) is 25.1 Å². The first-order chi connectivity index (χ1) is 10.1. The molecule has 0 atom stereocenters. The Kier molecular flexibility index (Phi) is 5.08. The second kappa shape index (κ2) is 7.01. The second-order valence-corrected chi connectivity index (χ2v) is 5.17. The number of nitrogens with zero attached hydrogens (tertiary/aromatic N) is 1. The summed E-state index contributed by atoms with van der Waals surface area (Å²) in [4.78, 5) is 0. The van der Waals surface area contributed by atoms with Crippen LogP contribution in [0.2, 0.25) is 0 Å². The summed E-state index contributed by atoms with van der Waals surface area (Å²) in [6.45, 7) is 5.98. The maximum atomic E-state index is 13.6. The molecular formula is C18H19FN2. The number of aryl methyl sites for hydroxylation is 1. The first kappa shape index (κ1) is 15.2. The Morgan fingerprint density at radius 1 is 1.19 bits per heavy atom. The molecule has 0 heterocycles. The Bertz CT molecular complexity index is 671. The quantitative estimate of drug-likeness (QED) is 0.835. The first-order valence-corrected chi connectivity index (χ1v) is 7.15. The molecule has 2 nitrogen and oxygen atoms in total. The Balaban J connectivity index is 2.29. The monoisotopic (exact) mass is 282 g/mol. The van der Waals surface area contributed by atoms with E-state index in [0.29, 0.717) is 5.56 Å². The van der Waals surface area contributed by atoms with E-state index in [4.69, 9.17) is 5.26 Å².